The minimum absolute atomic E-state index is 0.278. The van der Waals surface area contributed by atoms with Crippen molar-refractivity contribution in [3.63, 3.8) is 0 Å². The lowest BCUT2D eigenvalue weighted by molar-refractivity contribution is -0.113. The number of nitrogens with one attached hydrogen (secondary N) is 1. The highest BCUT2D eigenvalue weighted by molar-refractivity contribution is 7.09. The molecule has 0 amide bonds. The molecule has 2 heterocycles. The number of aromatic nitrogens is 1. The second-order valence-electron chi connectivity index (χ2n) is 5.78. The molecule has 1 aromatic rings. The first-order valence-corrected chi connectivity index (χ1v) is 7.22. The summed E-state index contributed by atoms with van der Waals surface area (Å²) in [5.41, 5.74) is 3.37. The van der Waals surface area contributed by atoms with Gasteiger partial charge in [-0.3, -0.25) is 0 Å². The molecule has 1 aliphatic carbocycles. The van der Waals surface area contributed by atoms with Gasteiger partial charge in [0.05, 0.1) is 17.3 Å². The molecule has 0 aromatic carbocycles. The lowest BCUT2D eigenvalue weighted by Gasteiger charge is -2.55. The van der Waals surface area contributed by atoms with Crippen LogP contribution in [0.25, 0.3) is 0 Å². The van der Waals surface area contributed by atoms with Crippen LogP contribution in [0.1, 0.15) is 30.8 Å². The van der Waals surface area contributed by atoms with Crippen molar-refractivity contribution in [3.8, 4) is 0 Å². The van der Waals surface area contributed by atoms with Crippen LogP contribution in [0.15, 0.2) is 5.51 Å². The maximum atomic E-state index is 5.81. The number of rotatable bonds is 3. The third kappa shape index (κ3) is 1.74. The number of aryl methyl sites for hydroxylation is 1. The van der Waals surface area contributed by atoms with E-state index in [1.54, 1.807) is 11.3 Å². The van der Waals surface area contributed by atoms with Crippen molar-refractivity contribution in [1.29, 1.82) is 0 Å². The molecule has 0 spiro atoms. The molecule has 1 saturated heterocycles. The Bertz CT molecular complexity index is 415. The molecule has 3 nitrogen and oxygen atoms in total. The predicted octanol–water partition coefficient (Wildman–Crippen LogP) is 2.35. The minimum atomic E-state index is 0.278. The van der Waals surface area contributed by atoms with Crippen molar-refractivity contribution in [2.45, 2.75) is 45.9 Å². The lowest BCUT2D eigenvalue weighted by Crippen LogP contribution is -2.65. The Morgan fingerprint density at radius 2 is 2.41 bits per heavy atom. The quantitative estimate of drug-likeness (QED) is 0.896. The van der Waals surface area contributed by atoms with Crippen molar-refractivity contribution in [1.82, 2.24) is 10.3 Å². The summed E-state index contributed by atoms with van der Waals surface area (Å²) in [6, 6.07) is 0.594. The first kappa shape index (κ1) is 11.6. The van der Waals surface area contributed by atoms with Crippen molar-refractivity contribution in [2.24, 2.45) is 11.3 Å². The molecular formula is C13H20N2OS. The summed E-state index contributed by atoms with van der Waals surface area (Å²) in [6.07, 6.45) is 1.69. The summed E-state index contributed by atoms with van der Waals surface area (Å²) >= 11 is 1.75. The lowest BCUT2D eigenvalue weighted by atomic mass is 9.57. The second-order valence-corrected chi connectivity index (χ2v) is 6.72. The topological polar surface area (TPSA) is 34.2 Å². The van der Waals surface area contributed by atoms with Gasteiger partial charge in [0.1, 0.15) is 0 Å². The number of thiazole rings is 1. The van der Waals surface area contributed by atoms with Crippen LogP contribution in [-0.2, 0) is 11.3 Å². The molecule has 3 atom stereocenters. The van der Waals surface area contributed by atoms with E-state index in [1.807, 2.05) is 5.51 Å². The summed E-state index contributed by atoms with van der Waals surface area (Å²) in [5, 5.41) is 3.71. The zero-order chi connectivity index (χ0) is 12.0. The van der Waals surface area contributed by atoms with Crippen molar-refractivity contribution < 1.29 is 4.74 Å². The van der Waals surface area contributed by atoms with Gasteiger partial charge in [-0.15, -0.1) is 11.3 Å². The van der Waals surface area contributed by atoms with Crippen LogP contribution in [0, 0.1) is 18.3 Å². The minimum Gasteiger partial charge on any atom is -0.377 e. The Balaban J connectivity index is 1.64. The molecule has 1 aliphatic heterocycles. The van der Waals surface area contributed by atoms with E-state index in [0.717, 1.165) is 19.1 Å². The summed E-state index contributed by atoms with van der Waals surface area (Å²) in [5.74, 6) is 0.721. The molecule has 94 valence electrons. The Morgan fingerprint density at radius 1 is 1.59 bits per heavy atom. The van der Waals surface area contributed by atoms with Crippen molar-refractivity contribution in [3.05, 3.63) is 16.1 Å². The van der Waals surface area contributed by atoms with E-state index in [9.17, 15) is 0 Å². The van der Waals surface area contributed by atoms with Gasteiger partial charge in [0.2, 0.25) is 0 Å². The Labute approximate surface area is 107 Å². The number of fused-ring (bicyclic) bond motifs is 1. The van der Waals surface area contributed by atoms with Gasteiger partial charge in [-0.25, -0.2) is 4.98 Å². The van der Waals surface area contributed by atoms with Crippen LogP contribution in [-0.4, -0.2) is 23.7 Å². The van der Waals surface area contributed by atoms with Crippen molar-refractivity contribution >= 4 is 11.3 Å². The first-order chi connectivity index (χ1) is 8.10. The smallest absolute Gasteiger partial charge is 0.0798 e. The van der Waals surface area contributed by atoms with E-state index < -0.39 is 0 Å². The highest BCUT2D eigenvalue weighted by Crippen LogP contribution is 2.52. The SMILES string of the molecule is Cc1ncsc1CNC1C2CCOC2C1(C)C. The van der Waals surface area contributed by atoms with Gasteiger partial charge < -0.3 is 10.1 Å². The third-order valence-corrected chi connectivity index (χ3v) is 5.36. The molecule has 1 N–H and O–H groups in total. The van der Waals surface area contributed by atoms with Crippen LogP contribution >= 0.6 is 11.3 Å². The maximum absolute atomic E-state index is 5.81. The zero-order valence-electron chi connectivity index (χ0n) is 10.7. The van der Waals surface area contributed by atoms with Gasteiger partial charge >= 0.3 is 0 Å². The van der Waals surface area contributed by atoms with Gasteiger partial charge in [-0.1, -0.05) is 13.8 Å². The fourth-order valence-electron chi connectivity index (χ4n) is 3.44. The molecule has 2 fully saturated rings. The van der Waals surface area contributed by atoms with E-state index in [0.29, 0.717) is 12.1 Å². The molecule has 3 rings (SSSR count). The van der Waals surface area contributed by atoms with Crippen molar-refractivity contribution in [2.75, 3.05) is 6.61 Å². The summed E-state index contributed by atoms with van der Waals surface area (Å²) < 4.78 is 5.81. The number of ether oxygens (including phenoxy) is 1. The van der Waals surface area contributed by atoms with E-state index >= 15 is 0 Å². The van der Waals surface area contributed by atoms with E-state index in [-0.39, 0.29) is 5.41 Å². The highest BCUT2D eigenvalue weighted by Gasteiger charge is 2.58. The Hall–Kier alpha value is -0.450. The standard InChI is InChI=1S/C13H20N2OS/c1-8-10(17-7-15-8)6-14-11-9-4-5-16-12(9)13(11,2)3/h7,9,11-12,14H,4-6H2,1-3H3. The number of nitrogens with zero attached hydrogens (tertiary/aromatic N) is 1. The van der Waals surface area contributed by atoms with Crippen LogP contribution in [0.2, 0.25) is 0 Å². The van der Waals surface area contributed by atoms with Crippen LogP contribution in [0.3, 0.4) is 0 Å². The second kappa shape index (κ2) is 4.04. The normalized spacial score (nSPS) is 34.4. The van der Waals surface area contributed by atoms with E-state index in [4.69, 9.17) is 4.74 Å². The van der Waals surface area contributed by atoms with Gasteiger partial charge in [0.25, 0.3) is 0 Å². The largest absolute Gasteiger partial charge is 0.377 e. The average molecular weight is 252 g/mol. The Morgan fingerprint density at radius 3 is 3.12 bits per heavy atom. The molecular weight excluding hydrogens is 232 g/mol. The van der Waals surface area contributed by atoms with Crippen LogP contribution in [0.4, 0.5) is 0 Å². The molecule has 4 heteroatoms. The summed E-state index contributed by atoms with van der Waals surface area (Å²) in [7, 11) is 0. The maximum Gasteiger partial charge on any atom is 0.0798 e. The van der Waals surface area contributed by atoms with E-state index in [2.05, 4.69) is 31.1 Å². The van der Waals surface area contributed by atoms with Crippen LogP contribution in [0.5, 0.6) is 0 Å². The monoisotopic (exact) mass is 252 g/mol. The number of hydrogen-bond donors (Lipinski definition) is 1. The molecule has 1 aromatic heterocycles. The van der Waals surface area contributed by atoms with Crippen LogP contribution < -0.4 is 5.32 Å². The van der Waals surface area contributed by atoms with Gasteiger partial charge in [0.15, 0.2) is 0 Å². The summed E-state index contributed by atoms with van der Waals surface area (Å²) in [6.45, 7) is 8.61. The molecule has 0 bridgehead atoms. The predicted molar refractivity (Wildman–Crippen MR) is 69.1 cm³/mol. The Kier molecular flexibility index (Phi) is 2.76. The fraction of sp³-hybridized carbons (Fsp3) is 0.769. The molecule has 1 saturated carbocycles. The van der Waals surface area contributed by atoms with Gasteiger partial charge in [0, 0.05) is 35.4 Å². The molecule has 17 heavy (non-hydrogen) atoms. The highest BCUT2D eigenvalue weighted by atomic mass is 32.1. The summed E-state index contributed by atoms with van der Waals surface area (Å²) in [4.78, 5) is 5.66. The van der Waals surface area contributed by atoms with E-state index in [1.165, 1.54) is 17.0 Å². The zero-order valence-corrected chi connectivity index (χ0v) is 11.5. The third-order valence-electron chi connectivity index (χ3n) is 4.43. The number of hydrogen-bond acceptors (Lipinski definition) is 4. The molecule has 3 unspecified atom stereocenters. The first-order valence-electron chi connectivity index (χ1n) is 6.34. The van der Waals surface area contributed by atoms with Gasteiger partial charge in [-0.05, 0) is 13.3 Å². The molecule has 0 radical (unpaired) electrons. The average Bonchev–Trinajstić information content (AvgIpc) is 2.87. The van der Waals surface area contributed by atoms with Gasteiger partial charge in [-0.2, -0.15) is 0 Å². The fourth-order valence-corrected chi connectivity index (χ4v) is 4.17. The molecule has 2 aliphatic rings.